The summed E-state index contributed by atoms with van der Waals surface area (Å²) < 4.78 is 2.24. The molecule has 0 saturated carbocycles. The lowest BCUT2D eigenvalue weighted by Crippen LogP contribution is -2.41. The van der Waals surface area contributed by atoms with Crippen molar-refractivity contribution < 1.29 is 4.79 Å². The number of hydrogen-bond donors (Lipinski definition) is 1. The van der Waals surface area contributed by atoms with Gasteiger partial charge in [0.2, 0.25) is 11.9 Å². The van der Waals surface area contributed by atoms with E-state index in [1.807, 2.05) is 17.3 Å². The molecule has 3 heterocycles. The monoisotopic (exact) mass is 342 g/mol. The average molecular weight is 342 g/mol. The third-order valence-electron chi connectivity index (χ3n) is 4.62. The number of aryl methyl sites for hydroxylation is 1. The zero-order chi connectivity index (χ0) is 17.5. The van der Waals surface area contributed by atoms with Gasteiger partial charge in [-0.15, -0.1) is 0 Å². The molecule has 0 unspecified atom stereocenters. The van der Waals surface area contributed by atoms with E-state index >= 15 is 0 Å². The number of rotatable bonds is 7. The van der Waals surface area contributed by atoms with Gasteiger partial charge in [0, 0.05) is 57.3 Å². The lowest BCUT2D eigenvalue weighted by molar-refractivity contribution is -0.132. The Morgan fingerprint density at radius 2 is 2.12 bits per heavy atom. The van der Waals surface area contributed by atoms with Gasteiger partial charge in [-0.2, -0.15) is 0 Å². The molecule has 2 aromatic heterocycles. The van der Waals surface area contributed by atoms with Gasteiger partial charge in [-0.05, 0) is 25.3 Å². The van der Waals surface area contributed by atoms with E-state index in [0.717, 1.165) is 44.6 Å². The van der Waals surface area contributed by atoms with Crippen molar-refractivity contribution in [2.75, 3.05) is 25.0 Å². The van der Waals surface area contributed by atoms with Gasteiger partial charge in [-0.3, -0.25) is 4.79 Å². The molecule has 3 rings (SSSR count). The molecule has 7 nitrogen and oxygen atoms in total. The molecule has 25 heavy (non-hydrogen) atoms. The summed E-state index contributed by atoms with van der Waals surface area (Å²) >= 11 is 0. The highest BCUT2D eigenvalue weighted by Gasteiger charge is 2.25. The van der Waals surface area contributed by atoms with Gasteiger partial charge in [-0.25, -0.2) is 15.0 Å². The first-order valence-electron chi connectivity index (χ1n) is 9.08. The zero-order valence-electron chi connectivity index (χ0n) is 14.8. The fourth-order valence-electron chi connectivity index (χ4n) is 3.35. The molecule has 0 aliphatic carbocycles. The van der Waals surface area contributed by atoms with Crippen molar-refractivity contribution in [1.29, 1.82) is 0 Å². The second kappa shape index (κ2) is 8.60. The van der Waals surface area contributed by atoms with E-state index in [9.17, 15) is 4.79 Å². The minimum Gasteiger partial charge on any atom is -0.354 e. The maximum Gasteiger partial charge on any atom is 0.222 e. The largest absolute Gasteiger partial charge is 0.354 e. The third kappa shape index (κ3) is 4.55. The average Bonchev–Trinajstić information content (AvgIpc) is 3.15. The number of likely N-dealkylation sites (tertiary alicyclic amines) is 1. The molecule has 1 amide bonds. The Bertz CT molecular complexity index is 671. The van der Waals surface area contributed by atoms with Crippen LogP contribution in [0.5, 0.6) is 0 Å². The van der Waals surface area contributed by atoms with Crippen LogP contribution in [0.2, 0.25) is 0 Å². The highest BCUT2D eigenvalue weighted by molar-refractivity contribution is 5.76. The maximum atomic E-state index is 12.5. The van der Waals surface area contributed by atoms with Gasteiger partial charge in [-0.1, -0.05) is 6.92 Å². The molecule has 1 aliphatic heterocycles. The number of carbonyl (C=O) groups is 1. The molecular formula is C18H26N6O. The van der Waals surface area contributed by atoms with E-state index in [1.54, 1.807) is 18.5 Å². The number of nitrogens with one attached hydrogen (secondary N) is 1. The summed E-state index contributed by atoms with van der Waals surface area (Å²) in [6.07, 6.45) is 11.7. The number of hydrogen-bond acceptors (Lipinski definition) is 5. The molecular weight excluding hydrogens is 316 g/mol. The molecule has 1 N–H and O–H groups in total. The summed E-state index contributed by atoms with van der Waals surface area (Å²) in [5.41, 5.74) is 0. The maximum absolute atomic E-state index is 12.5. The van der Waals surface area contributed by atoms with Gasteiger partial charge in [0.1, 0.15) is 5.82 Å². The standard InChI is InChI=1S/C18H26N6O/c1-2-16-19-11-13-24(16)15-6-4-12-23(14-15)17(25)7-3-8-20-18-21-9-5-10-22-18/h5,9-11,13,15H,2-4,6-8,12,14H2,1H3,(H,20,21,22)/t15-/m1/s1. The number of imidazole rings is 1. The van der Waals surface area contributed by atoms with Crippen LogP contribution in [0.3, 0.4) is 0 Å². The predicted molar refractivity (Wildman–Crippen MR) is 96.2 cm³/mol. The Morgan fingerprint density at radius 1 is 1.28 bits per heavy atom. The van der Waals surface area contributed by atoms with Crippen LogP contribution in [-0.2, 0) is 11.2 Å². The molecule has 0 bridgehead atoms. The van der Waals surface area contributed by atoms with E-state index in [2.05, 4.69) is 31.8 Å². The Labute approximate surface area is 148 Å². The lowest BCUT2D eigenvalue weighted by Gasteiger charge is -2.34. The van der Waals surface area contributed by atoms with Crippen molar-refractivity contribution in [3.63, 3.8) is 0 Å². The van der Waals surface area contributed by atoms with Gasteiger partial charge in [0.15, 0.2) is 0 Å². The summed E-state index contributed by atoms with van der Waals surface area (Å²) in [6.45, 7) is 4.47. The fourth-order valence-corrected chi connectivity index (χ4v) is 3.35. The smallest absolute Gasteiger partial charge is 0.222 e. The number of amides is 1. The summed E-state index contributed by atoms with van der Waals surface area (Å²) in [6, 6.07) is 2.14. The van der Waals surface area contributed by atoms with Crippen LogP contribution in [0, 0.1) is 0 Å². The number of piperidine rings is 1. The van der Waals surface area contributed by atoms with Gasteiger partial charge < -0.3 is 14.8 Å². The van der Waals surface area contributed by atoms with Gasteiger partial charge in [0.25, 0.3) is 0 Å². The molecule has 7 heteroatoms. The summed E-state index contributed by atoms with van der Waals surface area (Å²) in [4.78, 5) is 27.2. The molecule has 0 aromatic carbocycles. The van der Waals surface area contributed by atoms with Crippen molar-refractivity contribution in [3.8, 4) is 0 Å². The van der Waals surface area contributed by atoms with Crippen molar-refractivity contribution in [2.24, 2.45) is 0 Å². The fraction of sp³-hybridized carbons (Fsp3) is 0.556. The number of nitrogens with zero attached hydrogens (tertiary/aromatic N) is 5. The second-order valence-electron chi connectivity index (χ2n) is 6.34. The quantitative estimate of drug-likeness (QED) is 0.781. The first-order valence-corrected chi connectivity index (χ1v) is 9.08. The van der Waals surface area contributed by atoms with E-state index in [0.29, 0.717) is 25.0 Å². The lowest BCUT2D eigenvalue weighted by atomic mass is 10.0. The normalized spacial score (nSPS) is 17.5. The molecule has 0 spiro atoms. The van der Waals surface area contributed by atoms with Crippen LogP contribution < -0.4 is 5.32 Å². The van der Waals surface area contributed by atoms with Crippen molar-refractivity contribution in [3.05, 3.63) is 36.7 Å². The molecule has 1 fully saturated rings. The Hall–Kier alpha value is -2.44. The number of aromatic nitrogens is 4. The first-order chi connectivity index (χ1) is 12.3. The van der Waals surface area contributed by atoms with E-state index in [4.69, 9.17) is 0 Å². The van der Waals surface area contributed by atoms with Crippen molar-refractivity contribution >= 4 is 11.9 Å². The molecule has 0 radical (unpaired) electrons. The summed E-state index contributed by atoms with van der Waals surface area (Å²) in [7, 11) is 0. The Balaban J connectivity index is 1.45. The molecule has 1 atom stereocenters. The van der Waals surface area contributed by atoms with E-state index in [-0.39, 0.29) is 5.91 Å². The highest BCUT2D eigenvalue weighted by Crippen LogP contribution is 2.23. The van der Waals surface area contributed by atoms with Crippen LogP contribution in [-0.4, -0.2) is 50.0 Å². The first kappa shape index (κ1) is 17.4. The predicted octanol–water partition coefficient (Wildman–Crippen LogP) is 2.29. The number of anilines is 1. The molecule has 134 valence electrons. The SMILES string of the molecule is CCc1nccn1[C@@H]1CCCN(C(=O)CCCNc2ncccn2)C1. The van der Waals surface area contributed by atoms with Gasteiger partial charge in [0.05, 0.1) is 6.04 Å². The Morgan fingerprint density at radius 3 is 2.92 bits per heavy atom. The zero-order valence-corrected chi connectivity index (χ0v) is 14.8. The van der Waals surface area contributed by atoms with Crippen LogP contribution in [0.15, 0.2) is 30.9 Å². The van der Waals surface area contributed by atoms with E-state index < -0.39 is 0 Å². The minimum atomic E-state index is 0.235. The van der Waals surface area contributed by atoms with Crippen LogP contribution in [0.4, 0.5) is 5.95 Å². The highest BCUT2D eigenvalue weighted by atomic mass is 16.2. The van der Waals surface area contributed by atoms with Gasteiger partial charge >= 0.3 is 0 Å². The van der Waals surface area contributed by atoms with Crippen LogP contribution in [0.1, 0.15) is 44.5 Å². The minimum absolute atomic E-state index is 0.235. The third-order valence-corrected chi connectivity index (χ3v) is 4.62. The second-order valence-corrected chi connectivity index (χ2v) is 6.34. The van der Waals surface area contributed by atoms with E-state index in [1.165, 1.54) is 0 Å². The van der Waals surface area contributed by atoms with Crippen molar-refractivity contribution in [1.82, 2.24) is 24.4 Å². The van der Waals surface area contributed by atoms with Crippen molar-refractivity contribution in [2.45, 2.75) is 45.1 Å². The summed E-state index contributed by atoms with van der Waals surface area (Å²) in [5, 5.41) is 3.14. The molecule has 1 saturated heterocycles. The number of carbonyl (C=O) groups excluding carboxylic acids is 1. The van der Waals surface area contributed by atoms with Crippen LogP contribution in [0.25, 0.3) is 0 Å². The molecule has 2 aromatic rings. The molecule has 1 aliphatic rings. The topological polar surface area (TPSA) is 75.9 Å². The summed E-state index contributed by atoms with van der Waals surface area (Å²) in [5.74, 6) is 1.95. The Kier molecular flexibility index (Phi) is 5.98. The van der Waals surface area contributed by atoms with Crippen LogP contribution >= 0.6 is 0 Å².